The summed E-state index contributed by atoms with van der Waals surface area (Å²) in [5.74, 6) is 1.01. The Morgan fingerprint density at radius 3 is 2.94 bits per heavy atom. The van der Waals surface area contributed by atoms with Gasteiger partial charge < -0.3 is 19.8 Å². The molecule has 0 saturated carbocycles. The number of nitrogens with zero attached hydrogens (tertiary/aromatic N) is 2. The van der Waals surface area contributed by atoms with Crippen LogP contribution >= 0.6 is 0 Å². The van der Waals surface area contributed by atoms with E-state index in [1.165, 1.54) is 0 Å². The standard InChI is InChI=1S/C10H20N4O2/c1-4-11-6-9-13-14-10(16-9)12-5-8(2)7-15-3/h8,11H,4-7H2,1-3H3,(H,12,14). The van der Waals surface area contributed by atoms with Crippen molar-refractivity contribution in [3.05, 3.63) is 5.89 Å². The second-order valence-electron chi connectivity index (χ2n) is 3.72. The third-order valence-electron chi connectivity index (χ3n) is 2.05. The molecule has 1 atom stereocenters. The number of nitrogens with one attached hydrogen (secondary N) is 2. The lowest BCUT2D eigenvalue weighted by molar-refractivity contribution is 0.164. The highest BCUT2D eigenvalue weighted by atomic mass is 16.5. The molecule has 1 rings (SSSR count). The van der Waals surface area contributed by atoms with Gasteiger partial charge in [0.15, 0.2) is 0 Å². The molecule has 0 amide bonds. The van der Waals surface area contributed by atoms with Gasteiger partial charge in [-0.05, 0) is 12.5 Å². The maximum atomic E-state index is 5.38. The van der Waals surface area contributed by atoms with Crippen molar-refractivity contribution in [2.24, 2.45) is 5.92 Å². The van der Waals surface area contributed by atoms with Gasteiger partial charge in [-0.15, -0.1) is 5.10 Å². The lowest BCUT2D eigenvalue weighted by atomic mass is 10.2. The number of ether oxygens (including phenoxy) is 1. The van der Waals surface area contributed by atoms with E-state index in [1.54, 1.807) is 7.11 Å². The lowest BCUT2D eigenvalue weighted by Gasteiger charge is -2.09. The third kappa shape index (κ3) is 4.59. The van der Waals surface area contributed by atoms with Crippen LogP contribution in [0.15, 0.2) is 4.42 Å². The van der Waals surface area contributed by atoms with Gasteiger partial charge in [0.25, 0.3) is 0 Å². The highest BCUT2D eigenvalue weighted by molar-refractivity contribution is 5.16. The molecular weight excluding hydrogens is 208 g/mol. The van der Waals surface area contributed by atoms with Gasteiger partial charge in [0.05, 0.1) is 13.2 Å². The van der Waals surface area contributed by atoms with Crippen LogP contribution in [0.3, 0.4) is 0 Å². The Bertz CT molecular complexity index is 290. The van der Waals surface area contributed by atoms with Gasteiger partial charge in [-0.1, -0.05) is 18.9 Å². The van der Waals surface area contributed by atoms with E-state index in [1.807, 2.05) is 6.92 Å². The van der Waals surface area contributed by atoms with Crippen molar-refractivity contribution < 1.29 is 9.15 Å². The summed E-state index contributed by atoms with van der Waals surface area (Å²) >= 11 is 0. The number of methoxy groups -OCH3 is 1. The quantitative estimate of drug-likeness (QED) is 0.688. The molecule has 0 spiro atoms. The van der Waals surface area contributed by atoms with Crippen molar-refractivity contribution >= 4 is 6.01 Å². The summed E-state index contributed by atoms with van der Waals surface area (Å²) < 4.78 is 10.4. The Morgan fingerprint density at radius 2 is 2.25 bits per heavy atom. The van der Waals surface area contributed by atoms with Crippen molar-refractivity contribution in [3.8, 4) is 0 Å². The lowest BCUT2D eigenvalue weighted by Crippen LogP contribution is -2.15. The monoisotopic (exact) mass is 228 g/mol. The Balaban J connectivity index is 2.28. The number of aromatic nitrogens is 2. The highest BCUT2D eigenvalue weighted by Crippen LogP contribution is 2.06. The molecule has 6 nitrogen and oxygen atoms in total. The van der Waals surface area contributed by atoms with Crippen LogP contribution in [0, 0.1) is 5.92 Å². The summed E-state index contributed by atoms with van der Waals surface area (Å²) in [4.78, 5) is 0. The van der Waals surface area contributed by atoms with Crippen LogP contribution in [-0.4, -0.2) is 37.0 Å². The Labute approximate surface area is 95.8 Å². The number of rotatable bonds is 8. The fourth-order valence-corrected chi connectivity index (χ4v) is 1.23. The SMILES string of the molecule is CCNCc1nnc(NCC(C)COC)o1. The minimum absolute atomic E-state index is 0.411. The molecule has 0 aliphatic heterocycles. The Kier molecular flexibility index (Phi) is 5.81. The van der Waals surface area contributed by atoms with E-state index >= 15 is 0 Å². The number of hydrogen-bond donors (Lipinski definition) is 2. The van der Waals surface area contributed by atoms with Crippen molar-refractivity contribution in [2.45, 2.75) is 20.4 Å². The van der Waals surface area contributed by atoms with Gasteiger partial charge in [-0.25, -0.2) is 0 Å². The first-order chi connectivity index (χ1) is 7.76. The van der Waals surface area contributed by atoms with Gasteiger partial charge in [0.1, 0.15) is 0 Å². The van der Waals surface area contributed by atoms with Crippen LogP contribution in [0.5, 0.6) is 0 Å². The molecule has 0 radical (unpaired) electrons. The molecule has 0 aliphatic carbocycles. The fraction of sp³-hybridized carbons (Fsp3) is 0.800. The molecule has 1 aromatic heterocycles. The van der Waals surface area contributed by atoms with Crippen molar-refractivity contribution in [1.82, 2.24) is 15.5 Å². The molecule has 6 heteroatoms. The minimum Gasteiger partial charge on any atom is -0.407 e. The molecular formula is C10H20N4O2. The zero-order valence-corrected chi connectivity index (χ0v) is 10.1. The zero-order valence-electron chi connectivity index (χ0n) is 10.1. The van der Waals surface area contributed by atoms with E-state index < -0.39 is 0 Å². The summed E-state index contributed by atoms with van der Waals surface area (Å²) in [6.45, 7) is 7.09. The van der Waals surface area contributed by atoms with E-state index in [0.29, 0.717) is 31.0 Å². The van der Waals surface area contributed by atoms with E-state index in [4.69, 9.17) is 9.15 Å². The molecule has 1 heterocycles. The Hall–Kier alpha value is -1.14. The molecule has 0 fully saturated rings. The summed E-state index contributed by atoms with van der Waals surface area (Å²) in [7, 11) is 1.69. The summed E-state index contributed by atoms with van der Waals surface area (Å²) in [6.07, 6.45) is 0. The van der Waals surface area contributed by atoms with Gasteiger partial charge >= 0.3 is 6.01 Å². The second-order valence-corrected chi connectivity index (χ2v) is 3.72. The third-order valence-corrected chi connectivity index (χ3v) is 2.05. The predicted octanol–water partition coefficient (Wildman–Crippen LogP) is 0.873. The van der Waals surface area contributed by atoms with Gasteiger partial charge in [0.2, 0.25) is 5.89 Å². The van der Waals surface area contributed by atoms with Crippen LogP contribution in [0.2, 0.25) is 0 Å². The molecule has 1 unspecified atom stereocenters. The first-order valence-corrected chi connectivity index (χ1v) is 5.52. The topological polar surface area (TPSA) is 72.2 Å². The van der Waals surface area contributed by atoms with Gasteiger partial charge in [0, 0.05) is 13.7 Å². The zero-order chi connectivity index (χ0) is 11.8. The summed E-state index contributed by atoms with van der Waals surface area (Å²) in [5, 5.41) is 14.0. The average molecular weight is 228 g/mol. The van der Waals surface area contributed by atoms with Crippen molar-refractivity contribution in [2.75, 3.05) is 32.1 Å². The Morgan fingerprint density at radius 1 is 1.44 bits per heavy atom. The average Bonchev–Trinajstić information content (AvgIpc) is 2.72. The highest BCUT2D eigenvalue weighted by Gasteiger charge is 2.06. The summed E-state index contributed by atoms with van der Waals surface area (Å²) in [6, 6.07) is 0.468. The predicted molar refractivity (Wildman–Crippen MR) is 61.2 cm³/mol. The van der Waals surface area contributed by atoms with Crippen molar-refractivity contribution in [3.63, 3.8) is 0 Å². The van der Waals surface area contributed by atoms with Gasteiger partial charge in [-0.2, -0.15) is 0 Å². The van der Waals surface area contributed by atoms with Gasteiger partial charge in [-0.3, -0.25) is 0 Å². The first kappa shape index (κ1) is 12.9. The minimum atomic E-state index is 0.411. The maximum Gasteiger partial charge on any atom is 0.315 e. The number of anilines is 1. The molecule has 0 bridgehead atoms. The van der Waals surface area contributed by atoms with Crippen LogP contribution < -0.4 is 10.6 Å². The summed E-state index contributed by atoms with van der Waals surface area (Å²) in [5.41, 5.74) is 0. The molecule has 16 heavy (non-hydrogen) atoms. The fourth-order valence-electron chi connectivity index (χ4n) is 1.23. The largest absolute Gasteiger partial charge is 0.407 e. The van der Waals surface area contributed by atoms with Crippen LogP contribution in [0.4, 0.5) is 6.01 Å². The second kappa shape index (κ2) is 7.19. The van der Waals surface area contributed by atoms with Crippen molar-refractivity contribution in [1.29, 1.82) is 0 Å². The molecule has 0 aromatic carbocycles. The molecule has 92 valence electrons. The van der Waals surface area contributed by atoms with E-state index in [0.717, 1.165) is 13.1 Å². The molecule has 2 N–H and O–H groups in total. The molecule has 1 aromatic rings. The first-order valence-electron chi connectivity index (χ1n) is 5.52. The van der Waals surface area contributed by atoms with Crippen LogP contribution in [0.1, 0.15) is 19.7 Å². The number of hydrogen-bond acceptors (Lipinski definition) is 6. The van der Waals surface area contributed by atoms with E-state index in [-0.39, 0.29) is 0 Å². The van der Waals surface area contributed by atoms with E-state index in [9.17, 15) is 0 Å². The molecule has 0 saturated heterocycles. The maximum absolute atomic E-state index is 5.38. The molecule has 0 aliphatic rings. The van der Waals surface area contributed by atoms with E-state index in [2.05, 4.69) is 27.8 Å². The van der Waals surface area contributed by atoms with Crippen LogP contribution in [-0.2, 0) is 11.3 Å². The normalized spacial score (nSPS) is 12.7. The smallest absolute Gasteiger partial charge is 0.315 e. The van der Waals surface area contributed by atoms with Crippen LogP contribution in [0.25, 0.3) is 0 Å².